The zero-order valence-electron chi connectivity index (χ0n) is 5.96. The van der Waals surface area contributed by atoms with Gasteiger partial charge in [-0.15, -0.1) is 0 Å². The first-order valence-corrected chi connectivity index (χ1v) is 2.81. The minimum absolute atomic E-state index is 0.416. The molecule has 0 rings (SSSR count). The van der Waals surface area contributed by atoms with Crippen LogP contribution in [0.3, 0.4) is 0 Å². The average molecular weight is 145 g/mol. The zero-order valence-corrected chi connectivity index (χ0v) is 5.96. The summed E-state index contributed by atoms with van der Waals surface area (Å²) in [5.74, 6) is 0. The van der Waals surface area contributed by atoms with E-state index in [1.54, 1.807) is 13.8 Å². The largest absolute Gasteiger partial charge is 0.387 e. The first-order chi connectivity index (χ1) is 4.54. The van der Waals surface area contributed by atoms with Gasteiger partial charge in [-0.05, 0) is 13.8 Å². The summed E-state index contributed by atoms with van der Waals surface area (Å²) in [5, 5.41) is 12.3. The van der Waals surface area contributed by atoms with Crippen molar-refractivity contribution in [2.45, 2.75) is 20.0 Å². The number of amides is 2. The molecule has 10 heavy (non-hydrogen) atoms. The molecule has 0 aromatic rings. The second kappa shape index (κ2) is 3.84. The third-order valence-corrected chi connectivity index (χ3v) is 0.947. The molecule has 58 valence electrons. The van der Waals surface area contributed by atoms with E-state index in [1.165, 1.54) is 0 Å². The Hall–Kier alpha value is -1.10. The molecule has 2 amide bonds. The van der Waals surface area contributed by atoms with Crippen LogP contribution in [-0.2, 0) is 0 Å². The number of nitrogens with zero attached hydrogens (tertiary/aromatic N) is 1. The van der Waals surface area contributed by atoms with Crippen LogP contribution < -0.4 is 11.2 Å². The Morgan fingerprint density at radius 3 is 2.60 bits per heavy atom. The Kier molecular flexibility index (Phi) is 3.42. The van der Waals surface area contributed by atoms with E-state index >= 15 is 0 Å². The van der Waals surface area contributed by atoms with Gasteiger partial charge in [0.25, 0.3) is 0 Å². The van der Waals surface area contributed by atoms with Crippen LogP contribution >= 0.6 is 0 Å². The minimum Gasteiger partial charge on any atom is -0.387 e. The highest BCUT2D eigenvalue weighted by Crippen LogP contribution is 1.83. The van der Waals surface area contributed by atoms with E-state index in [0.717, 1.165) is 0 Å². The van der Waals surface area contributed by atoms with Crippen molar-refractivity contribution < 1.29 is 9.90 Å². The number of hydrogen-bond acceptors (Lipinski definition) is 3. The Morgan fingerprint density at radius 1 is 1.80 bits per heavy atom. The number of carbonyl (C=O) groups is 1. The quantitative estimate of drug-likeness (QED) is 0.358. The maximum atomic E-state index is 10.0. The molecule has 0 saturated heterocycles. The first-order valence-electron chi connectivity index (χ1n) is 2.81. The van der Waals surface area contributed by atoms with Crippen molar-refractivity contribution in [2.75, 3.05) is 0 Å². The second-order valence-electron chi connectivity index (χ2n) is 1.91. The summed E-state index contributed by atoms with van der Waals surface area (Å²) in [6.45, 7) is 3.13. The standard InChI is InChI=1S/C5H11N3O2/c1-3(4(2)9)7-8-5(6)10/h4,9H,1-2H3,(H3,6,8,10)/b7-3+. The van der Waals surface area contributed by atoms with Crippen molar-refractivity contribution in [3.05, 3.63) is 0 Å². The first kappa shape index (κ1) is 8.90. The second-order valence-corrected chi connectivity index (χ2v) is 1.91. The normalized spacial score (nSPS) is 14.5. The SMILES string of the molecule is C/C(=N\NC(N)=O)C(C)O. The highest BCUT2D eigenvalue weighted by atomic mass is 16.3. The third-order valence-electron chi connectivity index (χ3n) is 0.947. The van der Waals surface area contributed by atoms with Crippen LogP contribution in [0.1, 0.15) is 13.8 Å². The number of urea groups is 1. The van der Waals surface area contributed by atoms with Crippen molar-refractivity contribution in [3.8, 4) is 0 Å². The van der Waals surface area contributed by atoms with Crippen molar-refractivity contribution in [1.29, 1.82) is 0 Å². The van der Waals surface area contributed by atoms with Gasteiger partial charge in [0.2, 0.25) is 0 Å². The maximum absolute atomic E-state index is 10.0. The Morgan fingerprint density at radius 2 is 2.30 bits per heavy atom. The number of primary amides is 1. The number of carbonyl (C=O) groups excluding carboxylic acids is 1. The Balaban J connectivity index is 3.80. The van der Waals surface area contributed by atoms with Gasteiger partial charge in [0.15, 0.2) is 0 Å². The van der Waals surface area contributed by atoms with Gasteiger partial charge in [-0.3, -0.25) is 0 Å². The molecule has 0 radical (unpaired) electrons. The number of nitrogens with one attached hydrogen (secondary N) is 1. The van der Waals surface area contributed by atoms with Crippen LogP contribution in [0.2, 0.25) is 0 Å². The van der Waals surface area contributed by atoms with Gasteiger partial charge >= 0.3 is 6.03 Å². The van der Waals surface area contributed by atoms with Gasteiger partial charge in [0, 0.05) is 0 Å². The van der Waals surface area contributed by atoms with E-state index in [-0.39, 0.29) is 0 Å². The summed E-state index contributed by atoms with van der Waals surface area (Å²) < 4.78 is 0. The van der Waals surface area contributed by atoms with Gasteiger partial charge in [-0.25, -0.2) is 10.2 Å². The Labute approximate surface area is 58.9 Å². The average Bonchev–Trinajstić information content (AvgIpc) is 1.82. The van der Waals surface area contributed by atoms with Crippen molar-refractivity contribution >= 4 is 11.7 Å². The molecule has 0 fully saturated rings. The van der Waals surface area contributed by atoms with E-state index in [1.807, 2.05) is 5.43 Å². The molecule has 0 aliphatic carbocycles. The number of nitrogens with two attached hydrogens (primary N) is 1. The van der Waals surface area contributed by atoms with Crippen molar-refractivity contribution in [1.82, 2.24) is 5.43 Å². The molecular weight excluding hydrogens is 134 g/mol. The van der Waals surface area contributed by atoms with Crippen LogP contribution in [0.25, 0.3) is 0 Å². The van der Waals surface area contributed by atoms with Crippen molar-refractivity contribution in [2.24, 2.45) is 10.8 Å². The van der Waals surface area contributed by atoms with Crippen LogP contribution in [0.4, 0.5) is 4.79 Å². The molecule has 0 aromatic heterocycles. The fourth-order valence-corrected chi connectivity index (χ4v) is 0.237. The van der Waals surface area contributed by atoms with E-state index in [4.69, 9.17) is 10.8 Å². The van der Waals surface area contributed by atoms with Crippen LogP contribution in [-0.4, -0.2) is 23.0 Å². The smallest absolute Gasteiger partial charge is 0.332 e. The van der Waals surface area contributed by atoms with Gasteiger partial charge in [-0.2, -0.15) is 5.10 Å². The summed E-state index contributed by atoms with van der Waals surface area (Å²) in [4.78, 5) is 10.0. The van der Waals surface area contributed by atoms with Gasteiger partial charge in [0.1, 0.15) is 0 Å². The molecular formula is C5H11N3O2. The number of aliphatic hydroxyl groups excluding tert-OH is 1. The molecule has 0 bridgehead atoms. The molecule has 0 spiro atoms. The van der Waals surface area contributed by atoms with Gasteiger partial charge in [0.05, 0.1) is 11.8 Å². The molecule has 4 N–H and O–H groups in total. The number of aliphatic hydroxyl groups is 1. The lowest BCUT2D eigenvalue weighted by molar-refractivity contribution is 0.248. The molecule has 5 nitrogen and oxygen atoms in total. The number of hydrogen-bond donors (Lipinski definition) is 3. The van der Waals surface area contributed by atoms with E-state index < -0.39 is 12.1 Å². The lowest BCUT2D eigenvalue weighted by Crippen LogP contribution is -2.27. The number of hydrazone groups is 1. The predicted octanol–water partition coefficient (Wildman–Crippen LogP) is -0.589. The summed E-state index contributed by atoms with van der Waals surface area (Å²) in [6.07, 6.45) is -0.660. The summed E-state index contributed by atoms with van der Waals surface area (Å²) in [6, 6.07) is -0.736. The minimum atomic E-state index is -0.736. The molecule has 0 aliphatic rings. The zero-order chi connectivity index (χ0) is 8.15. The highest BCUT2D eigenvalue weighted by Gasteiger charge is 1.98. The lowest BCUT2D eigenvalue weighted by atomic mass is 10.3. The monoisotopic (exact) mass is 145 g/mol. The fourth-order valence-electron chi connectivity index (χ4n) is 0.237. The van der Waals surface area contributed by atoms with E-state index in [2.05, 4.69) is 5.10 Å². The van der Waals surface area contributed by atoms with Gasteiger partial charge in [-0.1, -0.05) is 0 Å². The molecule has 0 saturated carbocycles. The lowest BCUT2D eigenvalue weighted by Gasteiger charge is -2.01. The van der Waals surface area contributed by atoms with Crippen molar-refractivity contribution in [3.63, 3.8) is 0 Å². The number of rotatable bonds is 2. The topological polar surface area (TPSA) is 87.7 Å². The van der Waals surface area contributed by atoms with Crippen LogP contribution in [0.15, 0.2) is 5.10 Å². The van der Waals surface area contributed by atoms with Crippen LogP contribution in [0, 0.1) is 0 Å². The molecule has 1 unspecified atom stereocenters. The van der Waals surface area contributed by atoms with E-state index in [0.29, 0.717) is 5.71 Å². The molecule has 0 heterocycles. The third kappa shape index (κ3) is 3.85. The Bertz CT molecular complexity index is 153. The molecule has 0 aliphatic heterocycles. The fraction of sp³-hybridized carbons (Fsp3) is 0.600. The summed E-state index contributed by atoms with van der Waals surface area (Å²) >= 11 is 0. The predicted molar refractivity (Wildman–Crippen MR) is 37.5 cm³/mol. The molecule has 5 heteroatoms. The summed E-state index contributed by atoms with van der Waals surface area (Å²) in [5.41, 5.74) is 7.11. The van der Waals surface area contributed by atoms with Gasteiger partial charge < -0.3 is 10.8 Å². The highest BCUT2D eigenvalue weighted by molar-refractivity contribution is 5.86. The van der Waals surface area contributed by atoms with E-state index in [9.17, 15) is 4.79 Å². The van der Waals surface area contributed by atoms with Crippen LogP contribution in [0.5, 0.6) is 0 Å². The molecule has 1 atom stereocenters. The maximum Gasteiger partial charge on any atom is 0.332 e. The molecule has 0 aromatic carbocycles. The summed E-state index contributed by atoms with van der Waals surface area (Å²) in [7, 11) is 0.